The van der Waals surface area contributed by atoms with Gasteiger partial charge in [0.15, 0.2) is 0 Å². The summed E-state index contributed by atoms with van der Waals surface area (Å²) in [6.07, 6.45) is -4.13. The molecule has 0 aromatic rings. The number of carbonyl (C=O) groups is 3. The standard InChI is InChI=1S/C9H12O12S/c10-1-4-6(13)19-5(2-11)7(14)21-9(3-12,8(15)20-4)22(16,17)18/h4-5,10-12H,1-3H2,(H,16,17,18). The van der Waals surface area contributed by atoms with E-state index in [1.165, 1.54) is 0 Å². The third-order valence-corrected chi connectivity index (χ3v) is 3.78. The van der Waals surface area contributed by atoms with Gasteiger partial charge in [0.05, 0.1) is 13.2 Å². The van der Waals surface area contributed by atoms with Crippen LogP contribution < -0.4 is 0 Å². The molecule has 1 heterocycles. The average molecular weight is 344 g/mol. The smallest absolute Gasteiger partial charge is 0.372 e. The first kappa shape index (κ1) is 18.2. The summed E-state index contributed by atoms with van der Waals surface area (Å²) in [7, 11) is -5.55. The third-order valence-electron chi connectivity index (χ3n) is 2.57. The normalized spacial score (nSPS) is 30.5. The minimum atomic E-state index is -5.55. The van der Waals surface area contributed by atoms with Crippen LogP contribution in [0.25, 0.3) is 0 Å². The Hall–Kier alpha value is -1.80. The van der Waals surface area contributed by atoms with Gasteiger partial charge in [-0.3, -0.25) is 4.55 Å². The first-order chi connectivity index (χ1) is 10.1. The molecular weight excluding hydrogens is 332 g/mol. The second kappa shape index (κ2) is 6.53. The van der Waals surface area contributed by atoms with Gasteiger partial charge in [-0.05, 0) is 0 Å². The van der Waals surface area contributed by atoms with Crippen molar-refractivity contribution < 1.29 is 56.9 Å². The van der Waals surface area contributed by atoms with E-state index in [1.54, 1.807) is 0 Å². The highest BCUT2D eigenvalue weighted by atomic mass is 32.2. The van der Waals surface area contributed by atoms with Crippen molar-refractivity contribution in [2.24, 2.45) is 0 Å². The third kappa shape index (κ3) is 3.17. The van der Waals surface area contributed by atoms with Crippen LogP contribution in [0.2, 0.25) is 0 Å². The van der Waals surface area contributed by atoms with E-state index in [1.807, 2.05) is 0 Å². The lowest BCUT2D eigenvalue weighted by Gasteiger charge is -2.26. The predicted molar refractivity (Wildman–Crippen MR) is 61.4 cm³/mol. The van der Waals surface area contributed by atoms with E-state index in [0.717, 1.165) is 0 Å². The molecule has 3 atom stereocenters. The maximum atomic E-state index is 11.8. The lowest BCUT2D eigenvalue weighted by Crippen LogP contribution is -2.55. The maximum absolute atomic E-state index is 11.8. The largest absolute Gasteiger partial charge is 0.445 e. The van der Waals surface area contributed by atoms with E-state index >= 15 is 0 Å². The zero-order valence-electron chi connectivity index (χ0n) is 10.7. The summed E-state index contributed by atoms with van der Waals surface area (Å²) in [4.78, 5) is 31.4. The zero-order valence-corrected chi connectivity index (χ0v) is 11.6. The quantitative estimate of drug-likeness (QED) is 0.219. The second-order valence-electron chi connectivity index (χ2n) is 3.99. The Morgan fingerprint density at radius 1 is 0.955 bits per heavy atom. The van der Waals surface area contributed by atoms with Crippen molar-refractivity contribution in [3.8, 4) is 0 Å². The number of ether oxygens (including phenoxy) is 3. The number of carbonyl (C=O) groups excluding carboxylic acids is 3. The van der Waals surface area contributed by atoms with Crippen LogP contribution in [-0.4, -0.2) is 83.2 Å². The van der Waals surface area contributed by atoms with Gasteiger partial charge in [0.2, 0.25) is 12.2 Å². The Balaban J connectivity index is 3.43. The Bertz CT molecular complexity index is 565. The first-order valence-electron chi connectivity index (χ1n) is 5.57. The van der Waals surface area contributed by atoms with Gasteiger partial charge >= 0.3 is 33.0 Å². The van der Waals surface area contributed by atoms with Gasteiger partial charge in [-0.15, -0.1) is 0 Å². The average Bonchev–Trinajstić information content (AvgIpc) is 2.48. The lowest BCUT2D eigenvalue weighted by molar-refractivity contribution is -0.181. The number of rotatable bonds is 4. The number of aliphatic hydroxyl groups excluding tert-OH is 3. The fourth-order valence-electron chi connectivity index (χ4n) is 1.36. The van der Waals surface area contributed by atoms with Gasteiger partial charge in [0, 0.05) is 0 Å². The Morgan fingerprint density at radius 3 is 1.86 bits per heavy atom. The van der Waals surface area contributed by atoms with E-state index in [9.17, 15) is 22.8 Å². The number of hydrogen-bond acceptors (Lipinski definition) is 11. The predicted octanol–water partition coefficient (Wildman–Crippen LogP) is -4.07. The highest BCUT2D eigenvalue weighted by Gasteiger charge is 2.58. The molecule has 22 heavy (non-hydrogen) atoms. The molecule has 0 radical (unpaired) electrons. The second-order valence-corrected chi connectivity index (χ2v) is 5.60. The number of aliphatic hydroxyl groups is 3. The molecule has 0 aliphatic carbocycles. The van der Waals surface area contributed by atoms with Crippen LogP contribution in [0.4, 0.5) is 0 Å². The fourth-order valence-corrected chi connectivity index (χ4v) is 1.97. The Kier molecular flexibility index (Phi) is 5.42. The van der Waals surface area contributed by atoms with Gasteiger partial charge < -0.3 is 29.5 Å². The summed E-state index contributed by atoms with van der Waals surface area (Å²) in [6, 6.07) is 0. The molecule has 1 saturated heterocycles. The van der Waals surface area contributed by atoms with E-state index in [-0.39, 0.29) is 0 Å². The van der Waals surface area contributed by atoms with Gasteiger partial charge in [-0.2, -0.15) is 8.42 Å². The molecule has 0 spiro atoms. The van der Waals surface area contributed by atoms with Crippen molar-refractivity contribution in [2.45, 2.75) is 17.1 Å². The van der Waals surface area contributed by atoms with E-state index in [2.05, 4.69) is 14.2 Å². The molecule has 3 unspecified atom stereocenters. The summed E-state index contributed by atoms with van der Waals surface area (Å²) in [6.45, 7) is -4.07. The molecule has 0 amide bonds. The van der Waals surface area contributed by atoms with Gasteiger partial charge in [-0.1, -0.05) is 0 Å². The molecule has 126 valence electrons. The number of cyclic esters (lactones) is 3. The summed E-state index contributed by atoms with van der Waals surface area (Å²) in [5.41, 5.74) is 0. The minimum absolute atomic E-state index is 1.16. The molecule has 1 fully saturated rings. The zero-order chi connectivity index (χ0) is 17.1. The topological polar surface area (TPSA) is 194 Å². The fraction of sp³-hybridized carbons (Fsp3) is 0.667. The summed E-state index contributed by atoms with van der Waals surface area (Å²) >= 11 is 0. The molecule has 1 rings (SSSR count). The van der Waals surface area contributed by atoms with Crippen LogP contribution in [0, 0.1) is 0 Å². The van der Waals surface area contributed by atoms with Crippen molar-refractivity contribution in [3.05, 3.63) is 0 Å². The van der Waals surface area contributed by atoms with Crippen molar-refractivity contribution in [2.75, 3.05) is 19.8 Å². The Labute approximate surface area is 122 Å². The highest BCUT2D eigenvalue weighted by Crippen LogP contribution is 2.24. The van der Waals surface area contributed by atoms with Crippen LogP contribution in [0.1, 0.15) is 0 Å². The van der Waals surface area contributed by atoms with Crippen molar-refractivity contribution >= 4 is 28.0 Å². The Morgan fingerprint density at radius 2 is 1.45 bits per heavy atom. The number of esters is 3. The SMILES string of the molecule is O=C1OC(CO)(S(=O)(=O)O)C(=O)OC(CO)C(=O)OC1CO. The maximum Gasteiger partial charge on any atom is 0.372 e. The molecular formula is C9H12O12S. The molecule has 1 aliphatic heterocycles. The van der Waals surface area contributed by atoms with Gasteiger partial charge in [0.1, 0.15) is 6.61 Å². The van der Waals surface area contributed by atoms with Crippen LogP contribution in [0.3, 0.4) is 0 Å². The molecule has 13 heteroatoms. The van der Waals surface area contributed by atoms with E-state index in [4.69, 9.17) is 19.9 Å². The molecule has 12 nitrogen and oxygen atoms in total. The minimum Gasteiger partial charge on any atom is -0.445 e. The van der Waals surface area contributed by atoms with Gasteiger partial charge in [0.25, 0.3) is 0 Å². The molecule has 0 bridgehead atoms. The van der Waals surface area contributed by atoms with E-state index < -0.39 is 65.0 Å². The van der Waals surface area contributed by atoms with Crippen LogP contribution >= 0.6 is 0 Å². The van der Waals surface area contributed by atoms with Crippen molar-refractivity contribution in [1.29, 1.82) is 0 Å². The summed E-state index contributed by atoms with van der Waals surface area (Å²) < 4.78 is 44.6. The molecule has 0 aromatic carbocycles. The van der Waals surface area contributed by atoms with Gasteiger partial charge in [-0.25, -0.2) is 14.4 Å². The van der Waals surface area contributed by atoms with Crippen molar-refractivity contribution in [3.63, 3.8) is 0 Å². The molecule has 0 saturated carbocycles. The highest BCUT2D eigenvalue weighted by molar-refractivity contribution is 7.88. The molecule has 4 N–H and O–H groups in total. The van der Waals surface area contributed by atoms with Crippen LogP contribution in [-0.2, 0) is 38.7 Å². The molecule has 0 aromatic heterocycles. The van der Waals surface area contributed by atoms with Crippen molar-refractivity contribution in [1.82, 2.24) is 0 Å². The number of hydrogen-bond donors (Lipinski definition) is 4. The summed E-state index contributed by atoms with van der Waals surface area (Å²) in [5, 5.41) is 26.9. The monoisotopic (exact) mass is 344 g/mol. The first-order valence-corrected chi connectivity index (χ1v) is 7.01. The van der Waals surface area contributed by atoms with E-state index in [0.29, 0.717) is 0 Å². The van der Waals surface area contributed by atoms with Crippen LogP contribution in [0.5, 0.6) is 0 Å². The molecule has 1 aliphatic rings. The van der Waals surface area contributed by atoms with Crippen LogP contribution in [0.15, 0.2) is 0 Å². The summed E-state index contributed by atoms with van der Waals surface area (Å²) in [5.74, 6) is -5.24. The lowest BCUT2D eigenvalue weighted by atomic mass is 10.3.